The third-order valence-corrected chi connectivity index (χ3v) is 0.270. The number of halogens is 1. The first-order valence-electron chi connectivity index (χ1n) is 0.919. The zero-order valence-corrected chi connectivity index (χ0v) is 5.11. The van der Waals surface area contributed by atoms with Crippen molar-refractivity contribution >= 4 is 26.7 Å². The number of rotatable bonds is 1. The minimum atomic E-state index is -4.81. The molecule has 0 aromatic rings. The second-order valence-corrected chi connectivity index (χ2v) is 1.68. The summed E-state index contributed by atoms with van der Waals surface area (Å²) in [5, 5.41) is 0. The van der Waals surface area contributed by atoms with E-state index in [-0.39, 0.29) is 36.2 Å². The van der Waals surface area contributed by atoms with Crippen molar-refractivity contribution in [3.8, 4) is 0 Å². The standard InChI is InChI=1S/Cr.FH2O4P.Li.H/c;1-5-6(2,3)4;;/h;(H2,2,3,4);;. The van der Waals surface area contributed by atoms with Crippen molar-refractivity contribution < 1.29 is 41.0 Å². The van der Waals surface area contributed by atoms with E-state index in [4.69, 9.17) is 14.4 Å². The molecule has 46 valence electrons. The number of hydrogen-bond donors (Lipinski definition) is 2. The Labute approximate surface area is 67.9 Å². The molecule has 0 rings (SSSR count). The van der Waals surface area contributed by atoms with E-state index in [1.54, 1.807) is 0 Å². The third-order valence-electron chi connectivity index (χ3n) is 0.0899. The van der Waals surface area contributed by atoms with Gasteiger partial charge < -0.3 is 9.79 Å². The van der Waals surface area contributed by atoms with Gasteiger partial charge in [-0.25, -0.2) is 4.57 Å². The van der Waals surface area contributed by atoms with Gasteiger partial charge in [-0.2, -0.15) is 0 Å². The van der Waals surface area contributed by atoms with Crippen LogP contribution in [0.2, 0.25) is 0 Å². The van der Waals surface area contributed by atoms with Gasteiger partial charge in [-0.1, -0.05) is 4.73 Å². The van der Waals surface area contributed by atoms with E-state index in [2.05, 4.69) is 4.73 Å². The molecule has 0 fully saturated rings. The molecular formula is H3CrFLiO4P. The summed E-state index contributed by atoms with van der Waals surface area (Å²) in [6.45, 7) is 0. The van der Waals surface area contributed by atoms with Crippen LogP contribution in [0.4, 0.5) is 4.53 Å². The first-order chi connectivity index (χ1) is 2.56. The van der Waals surface area contributed by atoms with Crippen molar-refractivity contribution in [2.45, 2.75) is 0 Å². The second-order valence-electron chi connectivity index (χ2n) is 0.560. The van der Waals surface area contributed by atoms with Crippen molar-refractivity contribution in [2.24, 2.45) is 0 Å². The van der Waals surface area contributed by atoms with Gasteiger partial charge in [0, 0.05) is 17.4 Å². The fourth-order valence-corrected chi connectivity index (χ4v) is 0. The van der Waals surface area contributed by atoms with Gasteiger partial charge in [0.25, 0.3) is 0 Å². The molecule has 0 aromatic heterocycles. The molecule has 2 N–H and O–H groups in total. The normalized spacial score (nSPS) is 8.88. The van der Waals surface area contributed by atoms with E-state index >= 15 is 0 Å². The molecule has 0 aromatic carbocycles. The molecule has 0 atom stereocenters. The number of hydrogen-bond acceptors (Lipinski definition) is 2. The molecule has 0 amide bonds. The van der Waals surface area contributed by atoms with Crippen LogP contribution in [-0.2, 0) is 26.7 Å². The van der Waals surface area contributed by atoms with Gasteiger partial charge in [0.15, 0.2) is 0 Å². The Morgan fingerprint density at radius 2 is 1.62 bits per heavy atom. The molecule has 0 radical (unpaired) electrons. The summed E-state index contributed by atoms with van der Waals surface area (Å²) in [7, 11) is -4.81. The van der Waals surface area contributed by atoms with Crippen LogP contribution in [0.1, 0.15) is 0 Å². The maximum absolute atomic E-state index is 10.2. The Balaban J connectivity index is -0.000000125. The predicted molar refractivity (Wildman–Crippen MR) is 21.4 cm³/mol. The van der Waals surface area contributed by atoms with Crippen LogP contribution in [-0.4, -0.2) is 28.6 Å². The molecule has 0 heterocycles. The Morgan fingerprint density at radius 1 is 1.50 bits per heavy atom. The number of phosphoric acid groups is 1. The first-order valence-corrected chi connectivity index (χ1v) is 2.45. The SMILES string of the molecule is O=P(O)(O)OF.[Cr].[LiH]. The summed E-state index contributed by atoms with van der Waals surface area (Å²) in [5.74, 6) is 0. The van der Waals surface area contributed by atoms with Crippen molar-refractivity contribution in [1.82, 2.24) is 0 Å². The maximum atomic E-state index is 10.2. The molecule has 0 saturated heterocycles. The molecule has 0 spiro atoms. The molecule has 0 unspecified atom stereocenters. The molecular weight excluding hydrogens is 173 g/mol. The van der Waals surface area contributed by atoms with Gasteiger partial charge in [0.2, 0.25) is 0 Å². The van der Waals surface area contributed by atoms with Crippen LogP contribution < -0.4 is 0 Å². The summed E-state index contributed by atoms with van der Waals surface area (Å²) in [5.41, 5.74) is 0. The van der Waals surface area contributed by atoms with Crippen LogP contribution in [0.5, 0.6) is 0 Å². The van der Waals surface area contributed by atoms with Crippen LogP contribution in [0.3, 0.4) is 0 Å². The van der Waals surface area contributed by atoms with E-state index in [0.717, 1.165) is 0 Å². The van der Waals surface area contributed by atoms with Crippen LogP contribution in [0.25, 0.3) is 0 Å². The zero-order chi connectivity index (χ0) is 5.21. The third kappa shape index (κ3) is 15.7. The van der Waals surface area contributed by atoms with Crippen LogP contribution in [0.15, 0.2) is 0 Å². The van der Waals surface area contributed by atoms with Gasteiger partial charge in [0.1, 0.15) is 0 Å². The Kier molecular flexibility index (Phi) is 12.6. The van der Waals surface area contributed by atoms with E-state index in [1.165, 1.54) is 0 Å². The fourth-order valence-electron chi connectivity index (χ4n) is 0. The molecule has 0 saturated carbocycles. The monoisotopic (exact) mass is 176 g/mol. The zero-order valence-electron chi connectivity index (χ0n) is 2.94. The van der Waals surface area contributed by atoms with E-state index in [0.29, 0.717) is 0 Å². The van der Waals surface area contributed by atoms with Gasteiger partial charge in [-0.15, -0.1) is 0 Å². The van der Waals surface area contributed by atoms with E-state index in [9.17, 15) is 4.53 Å². The van der Waals surface area contributed by atoms with Crippen molar-refractivity contribution in [3.63, 3.8) is 0 Å². The van der Waals surface area contributed by atoms with Crippen molar-refractivity contribution in [2.75, 3.05) is 0 Å². The Morgan fingerprint density at radius 3 is 1.62 bits per heavy atom. The van der Waals surface area contributed by atoms with Crippen molar-refractivity contribution in [1.29, 1.82) is 0 Å². The summed E-state index contributed by atoms with van der Waals surface area (Å²) in [4.78, 5) is 14.7. The average Bonchev–Trinajstić information content (AvgIpc) is 1.35. The summed E-state index contributed by atoms with van der Waals surface area (Å²) >= 11 is 0. The molecule has 4 nitrogen and oxygen atoms in total. The van der Waals surface area contributed by atoms with Gasteiger partial charge in [-0.3, -0.25) is 0 Å². The average molecular weight is 176 g/mol. The van der Waals surface area contributed by atoms with Crippen molar-refractivity contribution in [3.05, 3.63) is 0 Å². The quantitative estimate of drug-likeness (QED) is 0.410. The molecule has 0 aliphatic heterocycles. The molecule has 0 aliphatic rings. The topological polar surface area (TPSA) is 66.8 Å². The molecule has 0 bridgehead atoms. The first kappa shape index (κ1) is 16.1. The van der Waals surface area contributed by atoms with E-state index in [1.807, 2.05) is 0 Å². The summed E-state index contributed by atoms with van der Waals surface area (Å²) < 4.78 is 21.4. The Hall–Kier alpha value is 1.17. The van der Waals surface area contributed by atoms with E-state index < -0.39 is 7.82 Å². The molecule has 8 heteroatoms. The summed E-state index contributed by atoms with van der Waals surface area (Å²) in [6.07, 6.45) is 0. The molecule has 0 aliphatic carbocycles. The van der Waals surface area contributed by atoms with Gasteiger partial charge in [-0.05, 0) is 4.53 Å². The Bertz CT molecular complexity index is 80.1. The molecule has 8 heavy (non-hydrogen) atoms. The second kappa shape index (κ2) is 6.29. The predicted octanol–water partition coefficient (Wildman–Crippen LogP) is -0.671. The fraction of sp³-hybridized carbons (Fsp3) is 0. The van der Waals surface area contributed by atoms with Gasteiger partial charge in [0.05, 0.1) is 0 Å². The van der Waals surface area contributed by atoms with Crippen LogP contribution in [0, 0.1) is 0 Å². The summed E-state index contributed by atoms with van der Waals surface area (Å²) in [6, 6.07) is 0. The van der Waals surface area contributed by atoms with Gasteiger partial charge >= 0.3 is 26.7 Å². The minimum absolute atomic E-state index is 0. The van der Waals surface area contributed by atoms with Crippen LogP contribution >= 0.6 is 7.82 Å².